The number of aliphatic hydroxyl groups is 1. The van der Waals surface area contributed by atoms with Crippen molar-refractivity contribution in [3.8, 4) is 0 Å². The zero-order valence-corrected chi connectivity index (χ0v) is 11.8. The highest BCUT2D eigenvalue weighted by molar-refractivity contribution is 7.92. The molecule has 1 heterocycles. The van der Waals surface area contributed by atoms with E-state index in [0.29, 0.717) is 5.56 Å². The predicted molar refractivity (Wildman–Crippen MR) is 74.6 cm³/mol. The lowest BCUT2D eigenvalue weighted by Gasteiger charge is -2.10. The summed E-state index contributed by atoms with van der Waals surface area (Å²) in [6.07, 6.45) is 4.80. The van der Waals surface area contributed by atoms with Crippen LogP contribution >= 0.6 is 0 Å². The molecule has 0 aliphatic heterocycles. The molecule has 20 heavy (non-hydrogen) atoms. The van der Waals surface area contributed by atoms with Gasteiger partial charge in [0, 0.05) is 0 Å². The fraction of sp³-hybridized carbons (Fsp3) is 0.231. The van der Waals surface area contributed by atoms with Crippen LogP contribution in [0.4, 0.5) is 5.69 Å². The van der Waals surface area contributed by atoms with Crippen molar-refractivity contribution >= 4 is 15.7 Å². The Morgan fingerprint density at radius 1 is 1.20 bits per heavy atom. The smallest absolute Gasteiger partial charge is 0.262 e. The van der Waals surface area contributed by atoms with Gasteiger partial charge in [-0.25, -0.2) is 18.4 Å². The molecule has 0 saturated heterocycles. The van der Waals surface area contributed by atoms with Crippen LogP contribution in [0.3, 0.4) is 0 Å². The summed E-state index contributed by atoms with van der Waals surface area (Å²) in [6, 6.07) is 4.71. The van der Waals surface area contributed by atoms with E-state index in [9.17, 15) is 13.5 Å². The second-order valence-corrected chi connectivity index (χ2v) is 5.86. The summed E-state index contributed by atoms with van der Waals surface area (Å²) in [7, 11) is -3.71. The van der Waals surface area contributed by atoms with E-state index in [0.717, 1.165) is 12.0 Å². The first-order valence-electron chi connectivity index (χ1n) is 6.07. The summed E-state index contributed by atoms with van der Waals surface area (Å²) in [5, 5.41) is 9.29. The van der Waals surface area contributed by atoms with Crippen LogP contribution in [0.5, 0.6) is 0 Å². The van der Waals surface area contributed by atoms with Crippen LogP contribution in [0.15, 0.2) is 41.8 Å². The Morgan fingerprint density at radius 2 is 1.90 bits per heavy atom. The molecule has 0 spiro atoms. The summed E-state index contributed by atoms with van der Waals surface area (Å²) >= 11 is 0. The molecule has 0 unspecified atom stereocenters. The third kappa shape index (κ3) is 3.12. The maximum absolute atomic E-state index is 12.2. The minimum absolute atomic E-state index is 0.0996. The number of anilines is 1. The molecule has 0 saturated carbocycles. The van der Waals surface area contributed by atoms with Crippen molar-refractivity contribution in [1.82, 2.24) is 9.97 Å². The average Bonchev–Trinajstić information content (AvgIpc) is 2.47. The van der Waals surface area contributed by atoms with Gasteiger partial charge in [-0.1, -0.05) is 13.0 Å². The molecular formula is C13H15N3O3S. The molecule has 1 aromatic heterocycles. The Hall–Kier alpha value is -1.99. The number of nitrogens with zero attached hydrogens (tertiary/aromatic N) is 2. The average molecular weight is 293 g/mol. The zero-order chi connectivity index (χ0) is 14.6. The number of hydrogen-bond donors (Lipinski definition) is 2. The van der Waals surface area contributed by atoms with E-state index in [-0.39, 0.29) is 17.2 Å². The van der Waals surface area contributed by atoms with Gasteiger partial charge < -0.3 is 5.11 Å². The second kappa shape index (κ2) is 5.98. The van der Waals surface area contributed by atoms with Gasteiger partial charge in [0.2, 0.25) is 0 Å². The van der Waals surface area contributed by atoms with Crippen LogP contribution in [0.2, 0.25) is 0 Å². The van der Waals surface area contributed by atoms with Gasteiger partial charge >= 0.3 is 0 Å². The molecule has 0 aliphatic carbocycles. The largest absolute Gasteiger partial charge is 0.392 e. The topological polar surface area (TPSA) is 92.2 Å². The Labute approximate surface area is 117 Å². The molecule has 106 valence electrons. The van der Waals surface area contributed by atoms with E-state index in [1.165, 1.54) is 30.9 Å². The van der Waals surface area contributed by atoms with E-state index in [1.807, 2.05) is 6.92 Å². The fourth-order valence-corrected chi connectivity index (χ4v) is 2.91. The number of benzene rings is 1. The van der Waals surface area contributed by atoms with Gasteiger partial charge in [0.1, 0.15) is 6.33 Å². The molecule has 2 aromatic rings. The Balaban J connectivity index is 2.35. The Morgan fingerprint density at radius 3 is 2.50 bits per heavy atom. The Bertz CT molecular complexity index is 687. The van der Waals surface area contributed by atoms with Crippen molar-refractivity contribution in [1.29, 1.82) is 0 Å². The molecular weight excluding hydrogens is 278 g/mol. The molecule has 1 aromatic carbocycles. The second-order valence-electron chi connectivity index (χ2n) is 4.17. The van der Waals surface area contributed by atoms with Gasteiger partial charge in [-0.15, -0.1) is 0 Å². The molecule has 0 aliphatic rings. The number of nitrogens with one attached hydrogen (secondary N) is 1. The van der Waals surface area contributed by atoms with Gasteiger partial charge in [-0.3, -0.25) is 4.72 Å². The van der Waals surface area contributed by atoms with Crippen LogP contribution in [0.1, 0.15) is 18.1 Å². The van der Waals surface area contributed by atoms with Crippen LogP contribution in [-0.2, 0) is 23.1 Å². The molecule has 2 N–H and O–H groups in total. The maximum atomic E-state index is 12.2. The number of aromatic nitrogens is 2. The number of sulfonamides is 1. The van der Waals surface area contributed by atoms with E-state index in [2.05, 4.69) is 14.7 Å². The van der Waals surface area contributed by atoms with Crippen LogP contribution in [-0.4, -0.2) is 23.5 Å². The summed E-state index contributed by atoms with van der Waals surface area (Å²) in [5.41, 5.74) is 1.83. The highest BCUT2D eigenvalue weighted by Gasteiger charge is 2.16. The number of hydrogen-bond acceptors (Lipinski definition) is 5. The van der Waals surface area contributed by atoms with E-state index in [1.54, 1.807) is 6.07 Å². The SMILES string of the molecule is CCc1ccc(S(=O)(=O)Nc2cncnc2)cc1CO. The summed E-state index contributed by atoms with van der Waals surface area (Å²) in [5.74, 6) is 0. The highest BCUT2D eigenvalue weighted by Crippen LogP contribution is 2.19. The van der Waals surface area contributed by atoms with Gasteiger partial charge in [-0.05, 0) is 29.7 Å². The van der Waals surface area contributed by atoms with Crippen LogP contribution in [0.25, 0.3) is 0 Å². The molecule has 0 fully saturated rings. The summed E-state index contributed by atoms with van der Waals surface area (Å²) in [6.45, 7) is 1.75. The third-order valence-corrected chi connectivity index (χ3v) is 4.23. The third-order valence-electron chi connectivity index (χ3n) is 2.85. The first kappa shape index (κ1) is 14.4. The molecule has 2 rings (SSSR count). The summed E-state index contributed by atoms with van der Waals surface area (Å²) < 4.78 is 26.8. The van der Waals surface area contributed by atoms with Crippen molar-refractivity contribution in [2.75, 3.05) is 4.72 Å². The fourth-order valence-electron chi connectivity index (χ4n) is 1.83. The highest BCUT2D eigenvalue weighted by atomic mass is 32.2. The van der Waals surface area contributed by atoms with Crippen molar-refractivity contribution in [2.45, 2.75) is 24.8 Å². The molecule has 7 heteroatoms. The van der Waals surface area contributed by atoms with Gasteiger partial charge in [0.25, 0.3) is 10.0 Å². The molecule has 0 bridgehead atoms. The van der Waals surface area contributed by atoms with Crippen LogP contribution in [0, 0.1) is 0 Å². The lowest BCUT2D eigenvalue weighted by Crippen LogP contribution is -2.14. The van der Waals surface area contributed by atoms with Crippen molar-refractivity contribution in [3.05, 3.63) is 48.0 Å². The van der Waals surface area contributed by atoms with Gasteiger partial charge in [0.15, 0.2) is 0 Å². The van der Waals surface area contributed by atoms with Crippen molar-refractivity contribution in [3.63, 3.8) is 0 Å². The standard InChI is InChI=1S/C13H15N3O3S/c1-2-10-3-4-13(5-11(10)8-17)20(18,19)16-12-6-14-9-15-7-12/h3-7,9,16-17H,2,8H2,1H3. The van der Waals surface area contributed by atoms with Gasteiger partial charge in [-0.2, -0.15) is 0 Å². The Kier molecular flexibility index (Phi) is 4.31. The maximum Gasteiger partial charge on any atom is 0.262 e. The van der Waals surface area contributed by atoms with Gasteiger partial charge in [0.05, 0.1) is 29.6 Å². The number of rotatable bonds is 5. The lowest BCUT2D eigenvalue weighted by atomic mass is 10.1. The van der Waals surface area contributed by atoms with E-state index >= 15 is 0 Å². The van der Waals surface area contributed by atoms with E-state index < -0.39 is 10.0 Å². The minimum atomic E-state index is -3.71. The van der Waals surface area contributed by atoms with Crippen molar-refractivity contribution in [2.24, 2.45) is 0 Å². The quantitative estimate of drug-likeness (QED) is 0.867. The molecule has 0 amide bonds. The van der Waals surface area contributed by atoms with E-state index in [4.69, 9.17) is 0 Å². The lowest BCUT2D eigenvalue weighted by molar-refractivity contribution is 0.280. The van der Waals surface area contributed by atoms with Crippen molar-refractivity contribution < 1.29 is 13.5 Å². The normalized spacial score (nSPS) is 11.3. The minimum Gasteiger partial charge on any atom is -0.392 e. The summed E-state index contributed by atoms with van der Waals surface area (Å²) in [4.78, 5) is 7.59. The number of aryl methyl sites for hydroxylation is 1. The molecule has 6 nitrogen and oxygen atoms in total. The van der Waals surface area contributed by atoms with Crippen LogP contribution < -0.4 is 4.72 Å². The number of aliphatic hydroxyl groups excluding tert-OH is 1. The molecule has 0 atom stereocenters. The monoisotopic (exact) mass is 293 g/mol. The predicted octanol–water partition coefficient (Wildman–Crippen LogP) is 1.33. The molecule has 0 radical (unpaired) electrons. The zero-order valence-electron chi connectivity index (χ0n) is 10.9. The first-order chi connectivity index (χ1) is 9.56. The first-order valence-corrected chi connectivity index (χ1v) is 7.55.